The van der Waals surface area contributed by atoms with Gasteiger partial charge in [0.1, 0.15) is 11.5 Å². The number of rotatable bonds is 7. The van der Waals surface area contributed by atoms with Crippen molar-refractivity contribution in [2.75, 3.05) is 21.3 Å². The van der Waals surface area contributed by atoms with Crippen molar-refractivity contribution in [3.05, 3.63) is 23.8 Å². The van der Waals surface area contributed by atoms with Gasteiger partial charge in [-0.15, -0.1) is 0 Å². The van der Waals surface area contributed by atoms with Crippen LogP contribution < -0.4 is 15.2 Å². The zero-order valence-corrected chi connectivity index (χ0v) is 11.6. The standard InChI is InChI=1S/C14H21NO4/c1-17-12-5-6-13(18-2)10(9-12)8-11(15)4-7-14(16)19-3/h5-6,9,11H,4,7-8,15H2,1-3H3. The predicted molar refractivity (Wildman–Crippen MR) is 72.5 cm³/mol. The lowest BCUT2D eigenvalue weighted by atomic mass is 10.0. The van der Waals surface area contributed by atoms with Crippen molar-refractivity contribution in [2.24, 2.45) is 5.73 Å². The van der Waals surface area contributed by atoms with Gasteiger partial charge < -0.3 is 19.9 Å². The number of benzene rings is 1. The SMILES string of the molecule is COC(=O)CCC(N)Cc1cc(OC)ccc1OC. The largest absolute Gasteiger partial charge is 0.497 e. The van der Waals surface area contributed by atoms with Crippen LogP contribution in [0, 0.1) is 0 Å². The molecule has 0 spiro atoms. The van der Waals surface area contributed by atoms with Crippen LogP contribution >= 0.6 is 0 Å². The van der Waals surface area contributed by atoms with Gasteiger partial charge in [0, 0.05) is 12.5 Å². The first-order valence-electron chi connectivity index (χ1n) is 6.14. The molecule has 19 heavy (non-hydrogen) atoms. The van der Waals surface area contributed by atoms with Crippen LogP contribution in [0.5, 0.6) is 11.5 Å². The van der Waals surface area contributed by atoms with Crippen molar-refractivity contribution in [3.63, 3.8) is 0 Å². The van der Waals surface area contributed by atoms with E-state index in [1.165, 1.54) is 7.11 Å². The van der Waals surface area contributed by atoms with E-state index < -0.39 is 0 Å². The number of ether oxygens (including phenoxy) is 3. The number of methoxy groups -OCH3 is 3. The molecule has 1 unspecified atom stereocenters. The summed E-state index contributed by atoms with van der Waals surface area (Å²) in [6.45, 7) is 0. The van der Waals surface area contributed by atoms with Gasteiger partial charge in [-0.25, -0.2) is 0 Å². The molecule has 5 heteroatoms. The second-order valence-electron chi connectivity index (χ2n) is 4.26. The van der Waals surface area contributed by atoms with Gasteiger partial charge in [-0.05, 0) is 36.6 Å². The maximum Gasteiger partial charge on any atom is 0.305 e. The second-order valence-corrected chi connectivity index (χ2v) is 4.26. The molecule has 0 aliphatic heterocycles. The monoisotopic (exact) mass is 267 g/mol. The molecule has 0 bridgehead atoms. The summed E-state index contributed by atoms with van der Waals surface area (Å²) >= 11 is 0. The molecular formula is C14H21NO4. The van der Waals surface area contributed by atoms with Crippen LogP contribution in [0.15, 0.2) is 18.2 Å². The molecule has 0 aliphatic rings. The number of hydrogen-bond donors (Lipinski definition) is 1. The fraction of sp³-hybridized carbons (Fsp3) is 0.500. The Kier molecular flexibility index (Phi) is 6.15. The van der Waals surface area contributed by atoms with Gasteiger partial charge in [0.25, 0.3) is 0 Å². The molecule has 0 saturated heterocycles. The Labute approximate surface area is 113 Å². The van der Waals surface area contributed by atoms with Crippen LogP contribution in [0.4, 0.5) is 0 Å². The molecule has 1 aromatic rings. The zero-order valence-electron chi connectivity index (χ0n) is 11.6. The molecule has 0 aromatic heterocycles. The van der Waals surface area contributed by atoms with Crippen LogP contribution in [0.2, 0.25) is 0 Å². The molecule has 1 aromatic carbocycles. The normalized spacial score (nSPS) is 11.8. The number of nitrogens with two attached hydrogens (primary N) is 1. The van der Waals surface area contributed by atoms with E-state index in [0.29, 0.717) is 19.3 Å². The number of esters is 1. The highest BCUT2D eigenvalue weighted by atomic mass is 16.5. The Hall–Kier alpha value is -1.75. The van der Waals surface area contributed by atoms with Crippen molar-refractivity contribution in [1.82, 2.24) is 0 Å². The Morgan fingerprint density at radius 2 is 2.00 bits per heavy atom. The van der Waals surface area contributed by atoms with Crippen molar-refractivity contribution in [1.29, 1.82) is 0 Å². The summed E-state index contributed by atoms with van der Waals surface area (Å²) in [5, 5.41) is 0. The lowest BCUT2D eigenvalue weighted by molar-refractivity contribution is -0.140. The predicted octanol–water partition coefficient (Wildman–Crippen LogP) is 1.53. The number of carbonyl (C=O) groups excluding carboxylic acids is 1. The fourth-order valence-electron chi connectivity index (χ4n) is 1.83. The van der Waals surface area contributed by atoms with E-state index in [1.807, 2.05) is 18.2 Å². The summed E-state index contributed by atoms with van der Waals surface area (Å²) in [6, 6.07) is 5.46. The summed E-state index contributed by atoms with van der Waals surface area (Å²) in [5.41, 5.74) is 6.99. The summed E-state index contributed by atoms with van der Waals surface area (Å²) < 4.78 is 15.1. The highest BCUT2D eigenvalue weighted by molar-refractivity contribution is 5.69. The minimum absolute atomic E-state index is 0.125. The molecular weight excluding hydrogens is 246 g/mol. The van der Waals surface area contributed by atoms with Gasteiger partial charge in [0.15, 0.2) is 0 Å². The Morgan fingerprint density at radius 1 is 1.26 bits per heavy atom. The fourth-order valence-corrected chi connectivity index (χ4v) is 1.83. The summed E-state index contributed by atoms with van der Waals surface area (Å²) in [5.74, 6) is 1.29. The van der Waals surface area contributed by atoms with Gasteiger partial charge in [-0.3, -0.25) is 4.79 Å². The molecule has 0 amide bonds. The van der Waals surface area contributed by atoms with E-state index in [-0.39, 0.29) is 12.0 Å². The van der Waals surface area contributed by atoms with Crippen molar-refractivity contribution in [2.45, 2.75) is 25.3 Å². The molecule has 5 nitrogen and oxygen atoms in total. The van der Waals surface area contributed by atoms with Crippen molar-refractivity contribution in [3.8, 4) is 11.5 Å². The maximum absolute atomic E-state index is 11.1. The van der Waals surface area contributed by atoms with E-state index in [2.05, 4.69) is 4.74 Å². The highest BCUT2D eigenvalue weighted by Gasteiger charge is 2.12. The average Bonchev–Trinajstić information content (AvgIpc) is 2.44. The Bertz CT molecular complexity index is 420. The van der Waals surface area contributed by atoms with Gasteiger partial charge >= 0.3 is 5.97 Å². The second kappa shape index (κ2) is 7.63. The molecule has 2 N–H and O–H groups in total. The highest BCUT2D eigenvalue weighted by Crippen LogP contribution is 2.25. The van der Waals surface area contributed by atoms with Crippen LogP contribution in [0.1, 0.15) is 18.4 Å². The lowest BCUT2D eigenvalue weighted by Crippen LogP contribution is -2.24. The topological polar surface area (TPSA) is 70.8 Å². The van der Waals surface area contributed by atoms with Crippen LogP contribution in [-0.4, -0.2) is 33.3 Å². The molecule has 0 fully saturated rings. The van der Waals surface area contributed by atoms with Gasteiger partial charge in [0.05, 0.1) is 21.3 Å². The molecule has 0 aliphatic carbocycles. The van der Waals surface area contributed by atoms with E-state index in [9.17, 15) is 4.79 Å². The summed E-state index contributed by atoms with van der Waals surface area (Å²) in [4.78, 5) is 11.1. The molecule has 0 heterocycles. The molecule has 1 rings (SSSR count). The van der Waals surface area contributed by atoms with E-state index >= 15 is 0 Å². The third-order valence-electron chi connectivity index (χ3n) is 2.92. The van der Waals surface area contributed by atoms with Gasteiger partial charge in [0.2, 0.25) is 0 Å². The van der Waals surface area contributed by atoms with Crippen LogP contribution in [0.3, 0.4) is 0 Å². The smallest absolute Gasteiger partial charge is 0.305 e. The zero-order chi connectivity index (χ0) is 14.3. The first kappa shape index (κ1) is 15.3. The molecule has 0 saturated carbocycles. The maximum atomic E-state index is 11.1. The molecule has 0 radical (unpaired) electrons. The third-order valence-corrected chi connectivity index (χ3v) is 2.92. The quantitative estimate of drug-likeness (QED) is 0.758. The first-order valence-corrected chi connectivity index (χ1v) is 6.14. The average molecular weight is 267 g/mol. The van der Waals surface area contributed by atoms with Crippen LogP contribution in [-0.2, 0) is 16.0 Å². The summed E-state index contributed by atoms with van der Waals surface area (Å²) in [6.07, 6.45) is 1.52. The Balaban J connectivity index is 2.66. The van der Waals surface area contributed by atoms with Crippen LogP contribution in [0.25, 0.3) is 0 Å². The van der Waals surface area contributed by atoms with Crippen molar-refractivity contribution >= 4 is 5.97 Å². The molecule has 106 valence electrons. The van der Waals surface area contributed by atoms with E-state index in [4.69, 9.17) is 15.2 Å². The number of hydrogen-bond acceptors (Lipinski definition) is 5. The van der Waals surface area contributed by atoms with E-state index in [0.717, 1.165) is 17.1 Å². The lowest BCUT2D eigenvalue weighted by Gasteiger charge is -2.14. The van der Waals surface area contributed by atoms with E-state index in [1.54, 1.807) is 14.2 Å². The minimum Gasteiger partial charge on any atom is -0.497 e. The van der Waals surface area contributed by atoms with Gasteiger partial charge in [-0.1, -0.05) is 0 Å². The number of carbonyl (C=O) groups is 1. The summed E-state index contributed by atoms with van der Waals surface area (Å²) in [7, 11) is 4.60. The first-order chi connectivity index (χ1) is 9.10. The van der Waals surface area contributed by atoms with Gasteiger partial charge in [-0.2, -0.15) is 0 Å². The van der Waals surface area contributed by atoms with Crippen molar-refractivity contribution < 1.29 is 19.0 Å². The Morgan fingerprint density at radius 3 is 2.58 bits per heavy atom. The third kappa shape index (κ3) is 4.79. The minimum atomic E-state index is -0.243. The molecule has 1 atom stereocenters.